The maximum Gasteiger partial charge on any atom is 0.410 e. The van der Waals surface area contributed by atoms with Gasteiger partial charge in [-0.1, -0.05) is 30.3 Å². The van der Waals surface area contributed by atoms with Crippen LogP contribution >= 0.6 is 0 Å². The predicted molar refractivity (Wildman–Crippen MR) is 140 cm³/mol. The van der Waals surface area contributed by atoms with Crippen LogP contribution < -0.4 is 10.1 Å². The standard InChI is InChI=1S/C28H32N4O6/c1-27(2,3)38-25(34)28(13-16-32(17-14-28)26(35)37-18-19-8-6-5-7-9-19)24(33)30-21-12-15-29-20-10-11-22(36-4)31-23(20)21/h5-12,15H,13-14,16-18H2,1-4H3,(H,29,30,33). The number of nitrogens with zero attached hydrogens (tertiary/aromatic N) is 3. The molecule has 0 bridgehead atoms. The van der Waals surface area contributed by atoms with Gasteiger partial charge in [0.25, 0.3) is 0 Å². The van der Waals surface area contributed by atoms with E-state index in [1.54, 1.807) is 45.2 Å². The van der Waals surface area contributed by atoms with Crippen LogP contribution in [-0.2, 0) is 25.7 Å². The van der Waals surface area contributed by atoms with E-state index in [4.69, 9.17) is 14.2 Å². The highest BCUT2D eigenvalue weighted by atomic mass is 16.6. The van der Waals surface area contributed by atoms with E-state index in [9.17, 15) is 14.4 Å². The summed E-state index contributed by atoms with van der Waals surface area (Å²) in [6.07, 6.45) is 1.21. The number of likely N-dealkylation sites (tertiary alicyclic amines) is 1. The van der Waals surface area contributed by atoms with Crippen LogP contribution in [0.1, 0.15) is 39.2 Å². The summed E-state index contributed by atoms with van der Waals surface area (Å²) in [5.74, 6) is -0.796. The van der Waals surface area contributed by atoms with Crippen molar-refractivity contribution in [1.29, 1.82) is 0 Å². The Labute approximate surface area is 221 Å². The maximum absolute atomic E-state index is 13.8. The summed E-state index contributed by atoms with van der Waals surface area (Å²) in [5.41, 5.74) is -0.0409. The first-order valence-corrected chi connectivity index (χ1v) is 12.4. The van der Waals surface area contributed by atoms with Gasteiger partial charge < -0.3 is 24.4 Å². The average Bonchev–Trinajstić information content (AvgIpc) is 2.91. The number of carbonyl (C=O) groups excluding carboxylic acids is 3. The molecule has 1 aliphatic heterocycles. The van der Waals surface area contributed by atoms with Gasteiger partial charge in [-0.3, -0.25) is 14.6 Å². The third-order valence-electron chi connectivity index (χ3n) is 6.32. The number of nitrogens with one attached hydrogen (secondary N) is 1. The maximum atomic E-state index is 13.8. The minimum absolute atomic E-state index is 0.0773. The van der Waals surface area contributed by atoms with Gasteiger partial charge in [-0.15, -0.1) is 0 Å². The summed E-state index contributed by atoms with van der Waals surface area (Å²) >= 11 is 0. The molecule has 10 nitrogen and oxygen atoms in total. The van der Waals surface area contributed by atoms with E-state index < -0.39 is 29.0 Å². The highest BCUT2D eigenvalue weighted by Gasteiger charge is 2.51. The Hall–Kier alpha value is -4.21. The van der Waals surface area contributed by atoms with Crippen LogP contribution in [0.4, 0.5) is 10.5 Å². The fourth-order valence-electron chi connectivity index (χ4n) is 4.25. The van der Waals surface area contributed by atoms with Gasteiger partial charge in [0.15, 0.2) is 0 Å². The molecule has 4 rings (SSSR count). The fraction of sp³-hybridized carbons (Fsp3) is 0.393. The number of anilines is 1. The van der Waals surface area contributed by atoms with E-state index >= 15 is 0 Å². The molecule has 3 heterocycles. The number of hydrogen-bond donors (Lipinski definition) is 1. The topological polar surface area (TPSA) is 120 Å². The minimum Gasteiger partial charge on any atom is -0.481 e. The second kappa shape index (κ2) is 11.0. The van der Waals surface area contributed by atoms with Gasteiger partial charge in [0.2, 0.25) is 11.8 Å². The summed E-state index contributed by atoms with van der Waals surface area (Å²) in [5, 5.41) is 2.87. The summed E-state index contributed by atoms with van der Waals surface area (Å²) in [7, 11) is 1.50. The molecule has 0 unspecified atom stereocenters. The molecule has 1 N–H and O–H groups in total. The second-order valence-electron chi connectivity index (χ2n) is 10.1. The van der Waals surface area contributed by atoms with Crippen molar-refractivity contribution < 1.29 is 28.6 Å². The van der Waals surface area contributed by atoms with Gasteiger partial charge in [0.05, 0.1) is 18.3 Å². The van der Waals surface area contributed by atoms with Crippen molar-refractivity contribution in [1.82, 2.24) is 14.9 Å². The van der Waals surface area contributed by atoms with Crippen molar-refractivity contribution in [3.63, 3.8) is 0 Å². The zero-order valence-corrected chi connectivity index (χ0v) is 22.0. The van der Waals surface area contributed by atoms with E-state index in [1.165, 1.54) is 12.0 Å². The number of rotatable bonds is 6. The number of pyridine rings is 2. The second-order valence-corrected chi connectivity index (χ2v) is 10.1. The summed E-state index contributed by atoms with van der Waals surface area (Å²) in [4.78, 5) is 50.1. The molecule has 0 atom stereocenters. The van der Waals surface area contributed by atoms with Crippen LogP contribution in [0.5, 0.6) is 5.88 Å². The van der Waals surface area contributed by atoms with Gasteiger partial charge >= 0.3 is 12.1 Å². The molecule has 1 aliphatic rings. The Bertz CT molecular complexity index is 1310. The highest BCUT2D eigenvalue weighted by Crippen LogP contribution is 2.37. The van der Waals surface area contributed by atoms with Crippen LogP contribution in [0.3, 0.4) is 0 Å². The number of amides is 2. The summed E-state index contributed by atoms with van der Waals surface area (Å²) in [6, 6.07) is 14.4. The zero-order chi connectivity index (χ0) is 27.3. The first-order chi connectivity index (χ1) is 18.1. The lowest BCUT2D eigenvalue weighted by Crippen LogP contribution is -2.54. The van der Waals surface area contributed by atoms with Crippen molar-refractivity contribution >= 4 is 34.7 Å². The van der Waals surface area contributed by atoms with Crippen LogP contribution in [0.25, 0.3) is 11.0 Å². The number of fused-ring (bicyclic) bond motifs is 1. The van der Waals surface area contributed by atoms with Crippen molar-refractivity contribution in [2.24, 2.45) is 5.41 Å². The Morgan fingerprint density at radius 1 is 1.03 bits per heavy atom. The van der Waals surface area contributed by atoms with Crippen molar-refractivity contribution in [3.8, 4) is 5.88 Å². The number of carbonyl (C=O) groups is 3. The number of hydrogen-bond acceptors (Lipinski definition) is 8. The molecule has 2 amide bonds. The van der Waals surface area contributed by atoms with Gasteiger partial charge in [-0.05, 0) is 51.3 Å². The van der Waals surface area contributed by atoms with Crippen molar-refractivity contribution in [2.45, 2.75) is 45.8 Å². The molecular weight excluding hydrogens is 488 g/mol. The minimum atomic E-state index is -1.50. The third-order valence-corrected chi connectivity index (χ3v) is 6.32. The number of benzene rings is 1. The molecule has 3 aromatic rings. The van der Waals surface area contributed by atoms with E-state index in [-0.39, 0.29) is 32.5 Å². The first kappa shape index (κ1) is 26.8. The molecule has 0 saturated carbocycles. The van der Waals surface area contributed by atoms with Gasteiger partial charge in [0.1, 0.15) is 23.1 Å². The van der Waals surface area contributed by atoms with Gasteiger partial charge in [0, 0.05) is 25.4 Å². The molecular formula is C28H32N4O6. The van der Waals surface area contributed by atoms with Gasteiger partial charge in [-0.2, -0.15) is 0 Å². The highest BCUT2D eigenvalue weighted by molar-refractivity contribution is 6.11. The lowest BCUT2D eigenvalue weighted by Gasteiger charge is -2.39. The third kappa shape index (κ3) is 6.01. The molecule has 0 spiro atoms. The lowest BCUT2D eigenvalue weighted by molar-refractivity contribution is -0.172. The van der Waals surface area contributed by atoms with Crippen LogP contribution in [-0.4, -0.2) is 58.6 Å². The Kier molecular flexibility index (Phi) is 7.80. The first-order valence-electron chi connectivity index (χ1n) is 12.4. The number of esters is 1. The number of methoxy groups -OCH3 is 1. The fourth-order valence-corrected chi connectivity index (χ4v) is 4.25. The molecule has 0 radical (unpaired) electrons. The van der Waals surface area contributed by atoms with Gasteiger partial charge in [-0.25, -0.2) is 9.78 Å². The molecule has 200 valence electrons. The quantitative estimate of drug-likeness (QED) is 0.377. The molecule has 10 heteroatoms. The van der Waals surface area contributed by atoms with Crippen LogP contribution in [0.15, 0.2) is 54.7 Å². The molecule has 38 heavy (non-hydrogen) atoms. The van der Waals surface area contributed by atoms with E-state index in [0.29, 0.717) is 22.6 Å². The van der Waals surface area contributed by atoms with E-state index in [2.05, 4.69) is 15.3 Å². The monoisotopic (exact) mass is 520 g/mol. The zero-order valence-electron chi connectivity index (χ0n) is 22.0. The lowest BCUT2D eigenvalue weighted by atomic mass is 9.77. The molecule has 1 fully saturated rings. The molecule has 0 aliphatic carbocycles. The Morgan fingerprint density at radius 2 is 1.74 bits per heavy atom. The smallest absolute Gasteiger partial charge is 0.410 e. The largest absolute Gasteiger partial charge is 0.481 e. The van der Waals surface area contributed by atoms with Crippen LogP contribution in [0.2, 0.25) is 0 Å². The summed E-state index contributed by atoms with van der Waals surface area (Å²) in [6.45, 7) is 5.70. The number of aromatic nitrogens is 2. The molecule has 1 aromatic carbocycles. The number of piperidine rings is 1. The normalized spacial score (nSPS) is 15.0. The molecule has 2 aromatic heterocycles. The Morgan fingerprint density at radius 3 is 2.39 bits per heavy atom. The van der Waals surface area contributed by atoms with E-state index in [1.807, 2.05) is 30.3 Å². The number of ether oxygens (including phenoxy) is 3. The van der Waals surface area contributed by atoms with Crippen molar-refractivity contribution in [3.05, 3.63) is 60.3 Å². The van der Waals surface area contributed by atoms with E-state index in [0.717, 1.165) is 5.56 Å². The Balaban J connectivity index is 1.53. The molecule has 1 saturated heterocycles. The van der Waals surface area contributed by atoms with Crippen molar-refractivity contribution in [2.75, 3.05) is 25.5 Å². The summed E-state index contributed by atoms with van der Waals surface area (Å²) < 4.78 is 16.3. The SMILES string of the molecule is COc1ccc2nccc(NC(=O)C3(C(=O)OC(C)(C)C)CCN(C(=O)OCc4ccccc4)CC3)c2n1. The predicted octanol–water partition coefficient (Wildman–Crippen LogP) is 4.34. The average molecular weight is 521 g/mol. The van der Waals surface area contributed by atoms with Crippen LogP contribution in [0, 0.1) is 5.41 Å².